The van der Waals surface area contributed by atoms with Crippen molar-refractivity contribution in [1.29, 1.82) is 0 Å². The van der Waals surface area contributed by atoms with E-state index in [0.717, 1.165) is 28.8 Å². The summed E-state index contributed by atoms with van der Waals surface area (Å²) in [6.07, 6.45) is 3.21. The number of aromatic amines is 1. The van der Waals surface area contributed by atoms with Crippen LogP contribution in [0.3, 0.4) is 0 Å². The lowest BCUT2D eigenvalue weighted by atomic mass is 9.96. The summed E-state index contributed by atoms with van der Waals surface area (Å²) in [6.45, 7) is 2.79. The summed E-state index contributed by atoms with van der Waals surface area (Å²) < 4.78 is 26.5. The quantitative estimate of drug-likeness (QED) is 0.499. The van der Waals surface area contributed by atoms with Crippen molar-refractivity contribution in [3.63, 3.8) is 0 Å². The van der Waals surface area contributed by atoms with Gasteiger partial charge in [-0.25, -0.2) is 17.7 Å². The Bertz CT molecular complexity index is 1140. The summed E-state index contributed by atoms with van der Waals surface area (Å²) >= 11 is 0. The van der Waals surface area contributed by atoms with Gasteiger partial charge in [0.1, 0.15) is 5.82 Å². The number of nitrogens with zero attached hydrogens (tertiary/aromatic N) is 2. The van der Waals surface area contributed by atoms with Gasteiger partial charge in [-0.3, -0.25) is 4.79 Å². The maximum Gasteiger partial charge on any atom is 0.223 e. The predicted octanol–water partition coefficient (Wildman–Crippen LogP) is 3.80. The molecule has 176 valence electrons. The fourth-order valence-electron chi connectivity index (χ4n) is 4.34. The van der Waals surface area contributed by atoms with Crippen LogP contribution in [0.25, 0.3) is 11.0 Å². The molecule has 0 spiro atoms. The first-order chi connectivity index (χ1) is 16.0. The molecule has 0 radical (unpaired) electrons. The summed E-state index contributed by atoms with van der Waals surface area (Å²) in [7, 11) is -3.23. The maximum absolute atomic E-state index is 13.2. The van der Waals surface area contributed by atoms with E-state index in [9.17, 15) is 13.2 Å². The van der Waals surface area contributed by atoms with Gasteiger partial charge in [-0.2, -0.15) is 0 Å². The number of para-hydroxylation sites is 2. The number of carbonyl (C=O) groups is 1. The molecular formula is C25H32N4O3S. The van der Waals surface area contributed by atoms with Crippen LogP contribution in [-0.4, -0.2) is 47.4 Å². The average molecular weight is 469 g/mol. The van der Waals surface area contributed by atoms with E-state index in [-0.39, 0.29) is 23.6 Å². The number of carbonyl (C=O) groups excluding carboxylic acids is 1. The minimum atomic E-state index is -3.23. The van der Waals surface area contributed by atoms with E-state index in [1.807, 2.05) is 61.5 Å². The van der Waals surface area contributed by atoms with Crippen LogP contribution >= 0.6 is 0 Å². The number of H-pyrrole nitrogens is 1. The summed E-state index contributed by atoms with van der Waals surface area (Å²) in [5, 5.41) is 3.20. The number of amides is 1. The summed E-state index contributed by atoms with van der Waals surface area (Å²) in [4.78, 5) is 21.3. The van der Waals surface area contributed by atoms with Gasteiger partial charge in [0.2, 0.25) is 15.9 Å². The fourth-order valence-corrected chi connectivity index (χ4v) is 6.02. The molecule has 2 aromatic carbocycles. The van der Waals surface area contributed by atoms with E-state index in [1.165, 1.54) is 0 Å². The summed E-state index contributed by atoms with van der Waals surface area (Å²) in [6, 6.07) is 17.6. The third-order valence-corrected chi connectivity index (χ3v) is 8.27. The Morgan fingerprint density at radius 2 is 1.82 bits per heavy atom. The van der Waals surface area contributed by atoms with Crippen molar-refractivity contribution < 1.29 is 13.2 Å². The van der Waals surface area contributed by atoms with Crippen LogP contribution in [0.15, 0.2) is 54.6 Å². The molecular weight excluding hydrogens is 436 g/mol. The van der Waals surface area contributed by atoms with Gasteiger partial charge in [0.15, 0.2) is 0 Å². The number of imidazole rings is 1. The number of fused-ring (bicyclic) bond motifs is 1. The number of rotatable bonds is 9. The van der Waals surface area contributed by atoms with E-state index < -0.39 is 10.0 Å². The molecule has 2 N–H and O–H groups in total. The molecule has 4 rings (SSSR count). The Kier molecular flexibility index (Phi) is 7.45. The Labute approximate surface area is 195 Å². The van der Waals surface area contributed by atoms with Crippen molar-refractivity contribution in [2.75, 3.05) is 18.8 Å². The molecule has 0 unspecified atom stereocenters. The molecule has 7 nitrogen and oxygen atoms in total. The van der Waals surface area contributed by atoms with Crippen LogP contribution in [-0.2, 0) is 21.2 Å². The molecule has 0 bridgehead atoms. The maximum atomic E-state index is 13.2. The normalized spacial score (nSPS) is 16.6. The van der Waals surface area contributed by atoms with Gasteiger partial charge in [-0.1, -0.05) is 55.8 Å². The molecule has 1 atom stereocenters. The molecule has 1 saturated heterocycles. The molecule has 0 saturated carbocycles. The second kappa shape index (κ2) is 10.5. The van der Waals surface area contributed by atoms with Crippen molar-refractivity contribution in [3.8, 4) is 0 Å². The lowest BCUT2D eigenvalue weighted by molar-refractivity contribution is -0.127. The number of aromatic nitrogens is 2. The van der Waals surface area contributed by atoms with Crippen LogP contribution in [0.4, 0.5) is 0 Å². The third kappa shape index (κ3) is 5.81. The highest BCUT2D eigenvalue weighted by Crippen LogP contribution is 2.24. The fraction of sp³-hybridized carbons (Fsp3) is 0.440. The molecule has 1 aliphatic heterocycles. The van der Waals surface area contributed by atoms with Crippen LogP contribution in [0.1, 0.15) is 50.0 Å². The monoisotopic (exact) mass is 468 g/mol. The molecule has 33 heavy (non-hydrogen) atoms. The van der Waals surface area contributed by atoms with Crippen molar-refractivity contribution in [3.05, 3.63) is 66.0 Å². The van der Waals surface area contributed by atoms with Crippen molar-refractivity contribution >= 4 is 27.0 Å². The highest BCUT2D eigenvalue weighted by Gasteiger charge is 2.32. The minimum absolute atomic E-state index is 0.0398. The van der Waals surface area contributed by atoms with Crippen molar-refractivity contribution in [2.45, 2.75) is 45.1 Å². The van der Waals surface area contributed by atoms with Crippen molar-refractivity contribution in [1.82, 2.24) is 19.6 Å². The number of benzene rings is 2. The van der Waals surface area contributed by atoms with Gasteiger partial charge in [-0.15, -0.1) is 0 Å². The number of hydrogen-bond acceptors (Lipinski definition) is 4. The topological polar surface area (TPSA) is 95.2 Å². The Balaban J connectivity index is 1.45. The first-order valence-corrected chi connectivity index (χ1v) is 13.3. The lowest BCUT2D eigenvalue weighted by Crippen LogP contribution is -2.44. The average Bonchev–Trinajstić information content (AvgIpc) is 3.27. The van der Waals surface area contributed by atoms with E-state index in [4.69, 9.17) is 4.98 Å². The largest absolute Gasteiger partial charge is 0.346 e. The van der Waals surface area contributed by atoms with E-state index in [2.05, 4.69) is 10.3 Å². The van der Waals surface area contributed by atoms with Gasteiger partial charge in [-0.05, 0) is 43.4 Å². The van der Waals surface area contributed by atoms with Crippen LogP contribution in [0, 0.1) is 5.92 Å². The van der Waals surface area contributed by atoms with Crippen molar-refractivity contribution in [2.24, 2.45) is 5.92 Å². The molecule has 8 heteroatoms. The van der Waals surface area contributed by atoms with E-state index in [1.54, 1.807) is 4.31 Å². The number of unbranched alkanes of at least 4 members (excludes halogenated alkanes) is 1. The van der Waals surface area contributed by atoms with Gasteiger partial charge >= 0.3 is 0 Å². The smallest absolute Gasteiger partial charge is 0.223 e. The lowest BCUT2D eigenvalue weighted by Gasteiger charge is -2.31. The number of hydrogen-bond donors (Lipinski definition) is 2. The molecule has 1 amide bonds. The number of sulfonamides is 1. The highest BCUT2D eigenvalue weighted by atomic mass is 32.2. The zero-order chi connectivity index (χ0) is 23.3. The molecule has 1 fully saturated rings. The van der Waals surface area contributed by atoms with Crippen LogP contribution in [0.5, 0.6) is 0 Å². The first-order valence-electron chi connectivity index (χ1n) is 11.7. The molecule has 1 aliphatic rings. The number of nitrogens with one attached hydrogen (secondary N) is 2. The molecule has 1 aromatic heterocycles. The number of piperidine rings is 1. The van der Waals surface area contributed by atoms with Gasteiger partial charge in [0, 0.05) is 19.0 Å². The zero-order valence-corrected chi connectivity index (χ0v) is 19.9. The summed E-state index contributed by atoms with van der Waals surface area (Å²) in [5.41, 5.74) is 2.91. The Hall–Kier alpha value is -2.71. The standard InChI is InChI=1S/C25H32N4O3S/c1-2-3-17-33(31,32)29-15-13-20(14-16-29)25(30)28-23(18-19-9-5-4-6-10-19)24-26-21-11-7-8-12-22(21)27-24/h4-12,20,23H,2-3,13-18H2,1H3,(H,26,27)(H,28,30)/t23-/m0/s1. The molecule has 3 aromatic rings. The Morgan fingerprint density at radius 3 is 2.52 bits per heavy atom. The third-order valence-electron chi connectivity index (χ3n) is 6.31. The van der Waals surface area contributed by atoms with Gasteiger partial charge < -0.3 is 10.3 Å². The summed E-state index contributed by atoms with van der Waals surface area (Å²) in [5.74, 6) is 0.672. The second-order valence-electron chi connectivity index (χ2n) is 8.73. The second-order valence-corrected chi connectivity index (χ2v) is 10.8. The molecule has 0 aliphatic carbocycles. The van der Waals surface area contributed by atoms with Gasteiger partial charge in [0.25, 0.3) is 0 Å². The predicted molar refractivity (Wildman–Crippen MR) is 130 cm³/mol. The van der Waals surface area contributed by atoms with Crippen LogP contribution in [0.2, 0.25) is 0 Å². The SMILES string of the molecule is CCCCS(=O)(=O)N1CCC(C(=O)N[C@@H](Cc2ccccc2)c2nc3ccccc3[nH]2)CC1. The Morgan fingerprint density at radius 1 is 1.12 bits per heavy atom. The molecule has 2 heterocycles. The minimum Gasteiger partial charge on any atom is -0.346 e. The van der Waals surface area contributed by atoms with E-state index >= 15 is 0 Å². The zero-order valence-electron chi connectivity index (χ0n) is 19.0. The first kappa shape index (κ1) is 23.4. The van der Waals surface area contributed by atoms with Crippen LogP contribution < -0.4 is 5.32 Å². The van der Waals surface area contributed by atoms with Gasteiger partial charge in [0.05, 0.1) is 22.8 Å². The van der Waals surface area contributed by atoms with E-state index in [0.29, 0.717) is 38.8 Å². The highest BCUT2D eigenvalue weighted by molar-refractivity contribution is 7.89.